The van der Waals surface area contributed by atoms with Crippen molar-refractivity contribution in [1.29, 1.82) is 0 Å². The summed E-state index contributed by atoms with van der Waals surface area (Å²) in [5.41, 5.74) is 0.936. The lowest BCUT2D eigenvalue weighted by Crippen LogP contribution is -2.49. The molecule has 2 aliphatic rings. The van der Waals surface area contributed by atoms with E-state index in [9.17, 15) is 13.6 Å². The molecule has 0 saturated carbocycles. The van der Waals surface area contributed by atoms with Crippen LogP contribution < -0.4 is 9.80 Å². The summed E-state index contributed by atoms with van der Waals surface area (Å²) in [6.07, 6.45) is 0.462. The van der Waals surface area contributed by atoms with Crippen LogP contribution in [0.2, 0.25) is 0 Å². The molecule has 2 aliphatic heterocycles. The van der Waals surface area contributed by atoms with Gasteiger partial charge in [0.05, 0.1) is 30.4 Å². The van der Waals surface area contributed by atoms with Crippen LogP contribution in [-0.2, 0) is 14.3 Å². The van der Waals surface area contributed by atoms with Crippen LogP contribution in [0.5, 0.6) is 0 Å². The first-order valence-corrected chi connectivity index (χ1v) is 14.4. The summed E-state index contributed by atoms with van der Waals surface area (Å²) in [4.78, 5) is 36.9. The van der Waals surface area contributed by atoms with E-state index in [1.807, 2.05) is 21.6 Å². The molecule has 0 radical (unpaired) electrons. The minimum absolute atomic E-state index is 0.0476. The highest BCUT2D eigenvalue weighted by atomic mass is 19.3. The summed E-state index contributed by atoms with van der Waals surface area (Å²) in [5, 5.41) is 0. The maximum absolute atomic E-state index is 14.1. The smallest absolute Gasteiger partial charge is 0.296 e. The number of fused-ring (bicyclic) bond motifs is 1. The Labute approximate surface area is 238 Å². The largest absolute Gasteiger partial charge is 0.378 e. The fraction of sp³-hybridized carbons (Fsp3) is 0.607. The quantitative estimate of drug-likeness (QED) is 0.319. The van der Waals surface area contributed by atoms with Crippen LogP contribution in [0.3, 0.4) is 0 Å². The predicted octanol–water partition coefficient (Wildman–Crippen LogP) is 3.62. The first kappa shape index (κ1) is 29.1. The number of benzene rings is 1. The molecule has 0 spiro atoms. The molecule has 41 heavy (non-hydrogen) atoms. The maximum atomic E-state index is 14.1. The monoisotopic (exact) mass is 572 g/mol. The molecule has 222 valence electrons. The van der Waals surface area contributed by atoms with E-state index in [4.69, 9.17) is 14.5 Å². The Balaban J connectivity index is 1.35. The van der Waals surface area contributed by atoms with E-state index in [0.29, 0.717) is 88.3 Å². The first-order chi connectivity index (χ1) is 19.9. The number of piperazine rings is 1. The topological polar surface area (TPSA) is 102 Å². The summed E-state index contributed by atoms with van der Waals surface area (Å²) in [7, 11) is 0. The third-order valence-electron chi connectivity index (χ3n) is 7.46. The zero-order chi connectivity index (χ0) is 28.8. The second-order valence-electron chi connectivity index (χ2n) is 10.4. The number of ether oxygens (including phenoxy) is 2. The van der Waals surface area contributed by atoms with Gasteiger partial charge < -0.3 is 24.2 Å². The van der Waals surface area contributed by atoms with Crippen LogP contribution in [0.1, 0.15) is 51.8 Å². The summed E-state index contributed by atoms with van der Waals surface area (Å²) >= 11 is 0. The molecule has 1 atom stereocenters. The minimum atomic E-state index is -2.82. The van der Waals surface area contributed by atoms with Crippen molar-refractivity contribution in [3.05, 3.63) is 30.1 Å². The zero-order valence-electron chi connectivity index (χ0n) is 23.7. The fourth-order valence-corrected chi connectivity index (χ4v) is 5.04. The third kappa shape index (κ3) is 6.89. The van der Waals surface area contributed by atoms with E-state index in [1.54, 1.807) is 24.3 Å². The molecule has 2 saturated heterocycles. The Hall–Kier alpha value is -3.45. The van der Waals surface area contributed by atoms with Crippen molar-refractivity contribution in [2.75, 3.05) is 68.9 Å². The number of hydrogen-bond donors (Lipinski definition) is 0. The molecule has 5 rings (SSSR count). The van der Waals surface area contributed by atoms with Crippen molar-refractivity contribution in [2.24, 2.45) is 0 Å². The molecule has 1 amide bonds. The highest BCUT2D eigenvalue weighted by Crippen LogP contribution is 2.28. The Bertz CT molecular complexity index is 1310. The average Bonchev–Trinajstić information content (AvgIpc) is 3.41. The lowest BCUT2D eigenvalue weighted by atomic mass is 10.2. The molecule has 0 bridgehead atoms. The van der Waals surface area contributed by atoms with Gasteiger partial charge in [0.2, 0.25) is 23.8 Å². The molecular weight excluding hydrogens is 534 g/mol. The number of amides is 1. The molecule has 4 heterocycles. The number of morpholine rings is 1. The highest BCUT2D eigenvalue weighted by molar-refractivity contribution is 5.78. The molecule has 1 unspecified atom stereocenters. The Kier molecular flexibility index (Phi) is 9.55. The van der Waals surface area contributed by atoms with Crippen molar-refractivity contribution in [3.63, 3.8) is 0 Å². The number of halogens is 2. The third-order valence-corrected chi connectivity index (χ3v) is 7.46. The Morgan fingerprint density at radius 3 is 2.29 bits per heavy atom. The zero-order valence-corrected chi connectivity index (χ0v) is 23.7. The molecule has 0 N–H and O–H groups in total. The van der Waals surface area contributed by atoms with Crippen LogP contribution in [0.15, 0.2) is 24.3 Å². The normalized spacial score (nSPS) is 17.0. The van der Waals surface area contributed by atoms with Crippen LogP contribution in [0.4, 0.5) is 20.7 Å². The predicted molar refractivity (Wildman–Crippen MR) is 151 cm³/mol. The van der Waals surface area contributed by atoms with Gasteiger partial charge in [0.25, 0.3) is 6.43 Å². The van der Waals surface area contributed by atoms with Gasteiger partial charge in [-0.15, -0.1) is 0 Å². The van der Waals surface area contributed by atoms with Crippen LogP contribution in [0, 0.1) is 0 Å². The first-order valence-electron chi connectivity index (χ1n) is 14.4. The van der Waals surface area contributed by atoms with E-state index >= 15 is 0 Å². The van der Waals surface area contributed by atoms with Crippen molar-refractivity contribution >= 4 is 28.8 Å². The summed E-state index contributed by atoms with van der Waals surface area (Å²) in [5.74, 6) is 0.574. The maximum Gasteiger partial charge on any atom is 0.296 e. The van der Waals surface area contributed by atoms with Crippen molar-refractivity contribution in [3.8, 4) is 5.95 Å². The molecule has 3 aromatic rings. The number of hydrogen-bond acceptors (Lipinski definition) is 9. The second kappa shape index (κ2) is 13.5. The van der Waals surface area contributed by atoms with E-state index in [2.05, 4.69) is 21.9 Å². The number of imidazole rings is 1. The van der Waals surface area contributed by atoms with Gasteiger partial charge in [0, 0.05) is 52.3 Å². The van der Waals surface area contributed by atoms with Gasteiger partial charge in [0.1, 0.15) is 0 Å². The lowest BCUT2D eigenvalue weighted by molar-refractivity contribution is -0.132. The SMILES string of the molecule is CCCCOC(C)CCC(=O)N1CCN(c2nc(N3CCOCC3)nc(-n3c(C(F)F)nc4ccccc43)n2)CC1. The molecule has 1 aromatic carbocycles. The minimum Gasteiger partial charge on any atom is -0.378 e. The van der Waals surface area contributed by atoms with Crippen molar-refractivity contribution in [2.45, 2.75) is 52.1 Å². The van der Waals surface area contributed by atoms with Gasteiger partial charge in [-0.1, -0.05) is 25.5 Å². The van der Waals surface area contributed by atoms with Crippen molar-refractivity contribution < 1.29 is 23.0 Å². The molecule has 13 heteroatoms. The van der Waals surface area contributed by atoms with Crippen LogP contribution in [-0.4, -0.2) is 101 Å². The van der Waals surface area contributed by atoms with Gasteiger partial charge in [-0.2, -0.15) is 15.0 Å². The van der Waals surface area contributed by atoms with Gasteiger partial charge >= 0.3 is 0 Å². The van der Waals surface area contributed by atoms with Crippen LogP contribution in [0.25, 0.3) is 17.0 Å². The van der Waals surface area contributed by atoms with E-state index < -0.39 is 12.2 Å². The fourth-order valence-electron chi connectivity index (χ4n) is 5.04. The number of alkyl halides is 2. The number of anilines is 2. The number of nitrogens with zero attached hydrogens (tertiary/aromatic N) is 8. The second-order valence-corrected chi connectivity index (χ2v) is 10.4. The molecule has 2 fully saturated rings. The standard InChI is InChI=1S/C28H38F2N8O3/c1-3-4-17-41-20(2)9-10-23(39)35-11-13-36(14-12-35)26-32-27(37-15-18-40-19-16-37)34-28(33-26)38-22-8-6-5-7-21(22)31-25(38)24(29)30/h5-8,20,24H,3-4,9-19H2,1-2H3. The number of carbonyl (C=O) groups excluding carboxylic acids is 1. The number of unbranched alkanes of at least 4 members (excludes halogenated alkanes) is 1. The molecule has 0 aliphatic carbocycles. The Morgan fingerprint density at radius 1 is 0.951 bits per heavy atom. The van der Waals surface area contributed by atoms with Gasteiger partial charge in [-0.3, -0.25) is 9.36 Å². The molecule has 11 nitrogen and oxygen atoms in total. The van der Waals surface area contributed by atoms with Gasteiger partial charge in [0.15, 0.2) is 5.82 Å². The van der Waals surface area contributed by atoms with Crippen LogP contribution >= 0.6 is 0 Å². The Morgan fingerprint density at radius 2 is 1.61 bits per heavy atom. The summed E-state index contributed by atoms with van der Waals surface area (Å²) in [6.45, 7) is 9.15. The van der Waals surface area contributed by atoms with Gasteiger partial charge in [-0.05, 0) is 31.9 Å². The number of aromatic nitrogens is 5. The van der Waals surface area contributed by atoms with Crippen molar-refractivity contribution in [1.82, 2.24) is 29.4 Å². The molecular formula is C28H38F2N8O3. The molecule has 2 aromatic heterocycles. The number of para-hydroxylation sites is 2. The van der Waals surface area contributed by atoms with Gasteiger partial charge in [-0.25, -0.2) is 13.8 Å². The van der Waals surface area contributed by atoms with E-state index in [0.717, 1.165) is 19.4 Å². The van der Waals surface area contributed by atoms with E-state index in [1.165, 1.54) is 4.57 Å². The lowest BCUT2D eigenvalue weighted by Gasteiger charge is -2.35. The average molecular weight is 573 g/mol. The number of carbonyl (C=O) groups is 1. The summed E-state index contributed by atoms with van der Waals surface area (Å²) < 4.78 is 40.9. The highest BCUT2D eigenvalue weighted by Gasteiger charge is 2.28. The summed E-state index contributed by atoms with van der Waals surface area (Å²) in [6, 6.07) is 6.95. The van der Waals surface area contributed by atoms with E-state index in [-0.39, 0.29) is 18.0 Å². The number of rotatable bonds is 11.